The molecule has 1 amide bonds. The lowest BCUT2D eigenvalue weighted by Gasteiger charge is -2.17. The molecule has 0 saturated heterocycles. The molecule has 3 aromatic rings. The highest BCUT2D eigenvalue weighted by molar-refractivity contribution is 5.81. The Labute approximate surface area is 175 Å². The zero-order chi connectivity index (χ0) is 20.9. The van der Waals surface area contributed by atoms with Crippen molar-refractivity contribution in [2.45, 2.75) is 25.5 Å². The lowest BCUT2D eigenvalue weighted by atomic mass is 9.98. The lowest BCUT2D eigenvalue weighted by molar-refractivity contribution is -0.146. The molecule has 0 radical (unpaired) electrons. The number of fused-ring (bicyclic) bond motifs is 3. The van der Waals surface area contributed by atoms with Crippen LogP contribution in [0.3, 0.4) is 0 Å². The molecule has 0 bridgehead atoms. The van der Waals surface area contributed by atoms with Crippen molar-refractivity contribution in [3.63, 3.8) is 0 Å². The number of hydrogen-bond donors (Lipinski definition) is 1. The number of ether oxygens (including phenoxy) is 2. The average Bonchev–Trinajstić information content (AvgIpc) is 3.10. The normalized spacial score (nSPS) is 13.1. The molecule has 5 heteroatoms. The molecule has 3 aromatic carbocycles. The summed E-state index contributed by atoms with van der Waals surface area (Å²) in [5.74, 6) is -0.532. The van der Waals surface area contributed by atoms with E-state index < -0.39 is 18.1 Å². The molecule has 0 aliphatic heterocycles. The topological polar surface area (TPSA) is 64.6 Å². The third kappa shape index (κ3) is 4.20. The second kappa shape index (κ2) is 8.82. The Morgan fingerprint density at radius 1 is 0.833 bits per heavy atom. The minimum atomic E-state index is -0.802. The molecular weight excluding hydrogens is 378 g/mol. The second-order valence-corrected chi connectivity index (χ2v) is 7.28. The Morgan fingerprint density at radius 2 is 1.40 bits per heavy atom. The van der Waals surface area contributed by atoms with Gasteiger partial charge in [0, 0.05) is 5.92 Å². The number of rotatable bonds is 6. The minimum absolute atomic E-state index is 0.0245. The average molecular weight is 401 g/mol. The van der Waals surface area contributed by atoms with Gasteiger partial charge in [-0.3, -0.25) is 0 Å². The lowest BCUT2D eigenvalue weighted by Crippen LogP contribution is -2.40. The minimum Gasteiger partial charge on any atom is -0.459 e. The largest absolute Gasteiger partial charge is 0.459 e. The molecule has 0 fully saturated rings. The first kappa shape index (κ1) is 19.7. The van der Waals surface area contributed by atoms with Gasteiger partial charge >= 0.3 is 12.1 Å². The van der Waals surface area contributed by atoms with Crippen LogP contribution in [0.2, 0.25) is 0 Å². The number of amides is 1. The molecule has 0 unspecified atom stereocenters. The molecule has 1 aliphatic carbocycles. The molecule has 0 saturated carbocycles. The molecule has 1 N–H and O–H groups in total. The van der Waals surface area contributed by atoms with Gasteiger partial charge in [0.25, 0.3) is 0 Å². The maximum atomic E-state index is 12.3. The number of carbonyl (C=O) groups excluding carboxylic acids is 2. The van der Waals surface area contributed by atoms with Crippen LogP contribution in [0, 0.1) is 0 Å². The number of hydrogen-bond acceptors (Lipinski definition) is 4. The number of carbonyl (C=O) groups is 2. The van der Waals surface area contributed by atoms with E-state index in [4.69, 9.17) is 9.47 Å². The first-order chi connectivity index (χ1) is 14.6. The van der Waals surface area contributed by atoms with Gasteiger partial charge in [-0.05, 0) is 34.7 Å². The highest BCUT2D eigenvalue weighted by atomic mass is 16.6. The van der Waals surface area contributed by atoms with Crippen molar-refractivity contribution in [3.8, 4) is 11.1 Å². The van der Waals surface area contributed by atoms with Crippen LogP contribution < -0.4 is 5.32 Å². The van der Waals surface area contributed by atoms with Crippen LogP contribution in [0.5, 0.6) is 0 Å². The molecule has 30 heavy (non-hydrogen) atoms. The van der Waals surface area contributed by atoms with E-state index in [1.807, 2.05) is 54.6 Å². The summed E-state index contributed by atoms with van der Waals surface area (Å²) in [6.45, 7) is 1.94. The monoisotopic (exact) mass is 401 g/mol. The second-order valence-electron chi connectivity index (χ2n) is 7.28. The molecule has 0 heterocycles. The van der Waals surface area contributed by atoms with Gasteiger partial charge in [-0.15, -0.1) is 0 Å². The number of benzene rings is 3. The van der Waals surface area contributed by atoms with Crippen molar-refractivity contribution in [2.24, 2.45) is 0 Å². The Hall–Kier alpha value is -3.60. The summed E-state index contributed by atoms with van der Waals surface area (Å²) in [6.07, 6.45) is -0.638. The quantitative estimate of drug-likeness (QED) is 0.611. The van der Waals surface area contributed by atoms with E-state index in [1.54, 1.807) is 6.92 Å². The van der Waals surface area contributed by atoms with E-state index in [-0.39, 0.29) is 19.1 Å². The van der Waals surface area contributed by atoms with Gasteiger partial charge in [0.05, 0.1) is 0 Å². The molecule has 4 rings (SSSR count). The predicted octanol–water partition coefficient (Wildman–Crippen LogP) is 4.66. The summed E-state index contributed by atoms with van der Waals surface area (Å²) in [4.78, 5) is 24.4. The van der Waals surface area contributed by atoms with Crippen LogP contribution in [-0.2, 0) is 20.9 Å². The van der Waals surface area contributed by atoms with Gasteiger partial charge in [0.1, 0.15) is 19.3 Å². The fraction of sp³-hybridized carbons (Fsp3) is 0.200. The first-order valence-corrected chi connectivity index (χ1v) is 9.95. The number of alkyl carbamates (subject to hydrolysis) is 1. The van der Waals surface area contributed by atoms with Crippen LogP contribution in [0.1, 0.15) is 29.5 Å². The molecule has 5 nitrogen and oxygen atoms in total. The van der Waals surface area contributed by atoms with Crippen LogP contribution >= 0.6 is 0 Å². The predicted molar refractivity (Wildman–Crippen MR) is 114 cm³/mol. The zero-order valence-corrected chi connectivity index (χ0v) is 16.7. The summed E-state index contributed by atoms with van der Waals surface area (Å²) in [6, 6.07) is 24.9. The van der Waals surface area contributed by atoms with Crippen molar-refractivity contribution in [1.82, 2.24) is 5.32 Å². The van der Waals surface area contributed by atoms with Gasteiger partial charge < -0.3 is 14.8 Å². The van der Waals surface area contributed by atoms with Crippen LogP contribution in [0.25, 0.3) is 11.1 Å². The van der Waals surface area contributed by atoms with E-state index in [2.05, 4.69) is 29.6 Å². The van der Waals surface area contributed by atoms with Crippen LogP contribution in [0.15, 0.2) is 78.9 Å². The summed E-state index contributed by atoms with van der Waals surface area (Å²) >= 11 is 0. The van der Waals surface area contributed by atoms with Gasteiger partial charge in [-0.1, -0.05) is 78.9 Å². The highest BCUT2D eigenvalue weighted by Crippen LogP contribution is 2.44. The van der Waals surface area contributed by atoms with E-state index in [0.717, 1.165) is 16.7 Å². The van der Waals surface area contributed by atoms with E-state index >= 15 is 0 Å². The summed E-state index contributed by atoms with van der Waals surface area (Å²) in [7, 11) is 0. The highest BCUT2D eigenvalue weighted by Gasteiger charge is 2.29. The van der Waals surface area contributed by atoms with Crippen molar-refractivity contribution in [1.29, 1.82) is 0 Å². The number of esters is 1. The SMILES string of the molecule is C[C@@H](NC(=O)OCC1c2ccccc2-c2ccccc21)C(=O)OCc1ccccc1. The molecule has 0 aromatic heterocycles. The summed E-state index contributed by atoms with van der Waals surface area (Å²) in [5, 5.41) is 2.55. The number of nitrogens with one attached hydrogen (secondary N) is 1. The van der Waals surface area contributed by atoms with Crippen molar-refractivity contribution < 1.29 is 19.1 Å². The fourth-order valence-electron chi connectivity index (χ4n) is 3.73. The van der Waals surface area contributed by atoms with Crippen molar-refractivity contribution in [3.05, 3.63) is 95.6 Å². The fourth-order valence-corrected chi connectivity index (χ4v) is 3.73. The Bertz CT molecular complexity index is 1000. The standard InChI is InChI=1S/C25H23NO4/c1-17(24(27)29-15-18-9-3-2-4-10-18)26-25(28)30-16-23-21-13-7-5-11-19(21)20-12-6-8-14-22(20)23/h2-14,17,23H,15-16H2,1H3,(H,26,28)/t17-/m1/s1. The smallest absolute Gasteiger partial charge is 0.407 e. The zero-order valence-electron chi connectivity index (χ0n) is 16.7. The molecule has 0 spiro atoms. The van der Waals surface area contributed by atoms with Crippen LogP contribution in [0.4, 0.5) is 4.79 Å². The Balaban J connectivity index is 1.32. The van der Waals surface area contributed by atoms with Crippen LogP contribution in [-0.4, -0.2) is 24.7 Å². The Kier molecular flexibility index (Phi) is 5.80. The van der Waals surface area contributed by atoms with Crippen molar-refractivity contribution >= 4 is 12.1 Å². The summed E-state index contributed by atoms with van der Waals surface area (Å²) < 4.78 is 10.7. The maximum absolute atomic E-state index is 12.3. The first-order valence-electron chi connectivity index (χ1n) is 9.95. The molecular formula is C25H23NO4. The van der Waals surface area contributed by atoms with Gasteiger partial charge in [0.2, 0.25) is 0 Å². The van der Waals surface area contributed by atoms with Gasteiger partial charge in [-0.2, -0.15) is 0 Å². The van der Waals surface area contributed by atoms with E-state index in [1.165, 1.54) is 11.1 Å². The van der Waals surface area contributed by atoms with Gasteiger partial charge in [0.15, 0.2) is 0 Å². The third-order valence-corrected chi connectivity index (χ3v) is 5.26. The third-order valence-electron chi connectivity index (χ3n) is 5.26. The summed E-state index contributed by atoms with van der Waals surface area (Å²) in [5.41, 5.74) is 5.50. The van der Waals surface area contributed by atoms with E-state index in [0.29, 0.717) is 0 Å². The van der Waals surface area contributed by atoms with Crippen molar-refractivity contribution in [2.75, 3.05) is 6.61 Å². The molecule has 1 atom stereocenters. The molecule has 1 aliphatic rings. The Morgan fingerprint density at radius 3 is 2.03 bits per heavy atom. The van der Waals surface area contributed by atoms with Gasteiger partial charge in [-0.25, -0.2) is 9.59 Å². The van der Waals surface area contributed by atoms with E-state index in [9.17, 15) is 9.59 Å². The maximum Gasteiger partial charge on any atom is 0.407 e. The molecule has 152 valence electrons.